The van der Waals surface area contributed by atoms with Gasteiger partial charge in [-0.15, -0.1) is 0 Å². The van der Waals surface area contributed by atoms with E-state index in [4.69, 9.17) is 0 Å². The molecule has 0 N–H and O–H groups in total. The summed E-state index contributed by atoms with van der Waals surface area (Å²) >= 11 is 0. The standard InChI is InChI=1S/C34H27P/c1-4-14-28(15-5-1)24-26-30-18-10-12-22-33(30)35(32-20-8-3-9-21-32)34-23-13-11-19-31(34)27-25-29-16-6-2-7-17-29/h1-27H. The van der Waals surface area contributed by atoms with Gasteiger partial charge < -0.3 is 0 Å². The van der Waals surface area contributed by atoms with Crippen LogP contribution >= 0.6 is 7.92 Å². The minimum atomic E-state index is -0.751. The van der Waals surface area contributed by atoms with Crippen molar-refractivity contribution in [2.45, 2.75) is 0 Å². The first-order chi connectivity index (χ1) is 17.4. The van der Waals surface area contributed by atoms with E-state index in [0.29, 0.717) is 0 Å². The van der Waals surface area contributed by atoms with Crippen LogP contribution in [0.25, 0.3) is 24.3 Å². The minimum absolute atomic E-state index is 0.751. The topological polar surface area (TPSA) is 0 Å². The van der Waals surface area contributed by atoms with Crippen LogP contribution in [-0.4, -0.2) is 0 Å². The summed E-state index contributed by atoms with van der Waals surface area (Å²) in [6.07, 6.45) is 8.92. The quantitative estimate of drug-likeness (QED) is 0.170. The molecule has 1 heteroatoms. The lowest BCUT2D eigenvalue weighted by Crippen LogP contribution is -2.23. The number of hydrogen-bond acceptors (Lipinski definition) is 0. The van der Waals surface area contributed by atoms with E-state index in [-0.39, 0.29) is 0 Å². The molecule has 0 aliphatic rings. The van der Waals surface area contributed by atoms with E-state index < -0.39 is 7.92 Å². The highest BCUT2D eigenvalue weighted by Gasteiger charge is 2.20. The normalized spacial score (nSPS) is 12.2. The number of benzene rings is 5. The average Bonchev–Trinajstić information content (AvgIpc) is 2.94. The SMILES string of the molecule is C(=Cc1ccccc1P(c1ccccc1)c1ccccc1C=Cc1ccccc1)c1ccccc1. The van der Waals surface area contributed by atoms with Crippen LogP contribution in [0.3, 0.4) is 0 Å². The fraction of sp³-hybridized carbons (Fsp3) is 0. The lowest BCUT2D eigenvalue weighted by molar-refractivity contribution is 1.66. The van der Waals surface area contributed by atoms with Crippen molar-refractivity contribution in [3.63, 3.8) is 0 Å². The summed E-state index contributed by atoms with van der Waals surface area (Å²) < 4.78 is 0. The fourth-order valence-electron chi connectivity index (χ4n) is 4.15. The molecule has 0 unspecified atom stereocenters. The van der Waals surface area contributed by atoms with Crippen molar-refractivity contribution in [3.8, 4) is 0 Å². The molecule has 0 spiro atoms. The number of rotatable bonds is 7. The van der Waals surface area contributed by atoms with E-state index in [1.165, 1.54) is 38.2 Å². The summed E-state index contributed by atoms with van der Waals surface area (Å²) in [5.41, 5.74) is 4.93. The molecule has 35 heavy (non-hydrogen) atoms. The van der Waals surface area contributed by atoms with E-state index in [1.807, 2.05) is 0 Å². The molecule has 0 saturated heterocycles. The van der Waals surface area contributed by atoms with Gasteiger partial charge in [-0.05, 0) is 46.1 Å². The van der Waals surface area contributed by atoms with Crippen LogP contribution in [0, 0.1) is 0 Å². The maximum Gasteiger partial charge on any atom is -0.00784 e. The highest BCUT2D eigenvalue weighted by molar-refractivity contribution is 7.80. The van der Waals surface area contributed by atoms with Gasteiger partial charge in [-0.1, -0.05) is 164 Å². The van der Waals surface area contributed by atoms with Crippen LogP contribution in [0.2, 0.25) is 0 Å². The first-order valence-corrected chi connectivity index (χ1v) is 13.2. The van der Waals surface area contributed by atoms with E-state index in [2.05, 4.69) is 164 Å². The molecule has 0 aliphatic carbocycles. The zero-order valence-corrected chi connectivity index (χ0v) is 20.4. The summed E-state index contributed by atoms with van der Waals surface area (Å²) in [5.74, 6) is 0. The molecule has 0 radical (unpaired) electrons. The largest absolute Gasteiger partial charge is 0.0622 e. The van der Waals surface area contributed by atoms with Gasteiger partial charge in [-0.2, -0.15) is 0 Å². The molecular formula is C34H27P. The summed E-state index contributed by atoms with van der Waals surface area (Å²) in [7, 11) is -0.751. The van der Waals surface area contributed by atoms with Crippen LogP contribution in [-0.2, 0) is 0 Å². The van der Waals surface area contributed by atoms with Crippen molar-refractivity contribution in [2.75, 3.05) is 0 Å². The minimum Gasteiger partial charge on any atom is -0.0622 e. The Morgan fingerprint density at radius 2 is 0.714 bits per heavy atom. The lowest BCUT2D eigenvalue weighted by atomic mass is 10.1. The molecule has 5 aromatic rings. The zero-order valence-electron chi connectivity index (χ0n) is 19.5. The Balaban J connectivity index is 1.62. The van der Waals surface area contributed by atoms with Gasteiger partial charge in [0.25, 0.3) is 0 Å². The summed E-state index contributed by atoms with van der Waals surface area (Å²) in [6, 6.07) is 49.6. The van der Waals surface area contributed by atoms with E-state index in [9.17, 15) is 0 Å². The first-order valence-electron chi connectivity index (χ1n) is 11.9. The Hall–Kier alpha value is -3.99. The Kier molecular flexibility index (Phi) is 7.44. The maximum atomic E-state index is 2.29. The van der Waals surface area contributed by atoms with Gasteiger partial charge in [-0.3, -0.25) is 0 Å². The first kappa shape index (κ1) is 22.8. The van der Waals surface area contributed by atoms with Crippen LogP contribution < -0.4 is 15.9 Å². The van der Waals surface area contributed by atoms with Crippen LogP contribution in [0.5, 0.6) is 0 Å². The fourth-order valence-corrected chi connectivity index (χ4v) is 6.72. The second kappa shape index (κ2) is 11.4. The van der Waals surface area contributed by atoms with Gasteiger partial charge >= 0.3 is 0 Å². The predicted molar refractivity (Wildman–Crippen MR) is 156 cm³/mol. The van der Waals surface area contributed by atoms with Crippen molar-refractivity contribution >= 4 is 48.1 Å². The average molecular weight is 467 g/mol. The molecule has 0 amide bonds. The maximum absolute atomic E-state index is 2.29. The van der Waals surface area contributed by atoms with Gasteiger partial charge in [0.2, 0.25) is 0 Å². The Bertz CT molecular complexity index is 1320. The monoisotopic (exact) mass is 466 g/mol. The number of hydrogen-bond donors (Lipinski definition) is 0. The van der Waals surface area contributed by atoms with Gasteiger partial charge in [0.05, 0.1) is 0 Å². The Morgan fingerprint density at radius 3 is 1.17 bits per heavy atom. The van der Waals surface area contributed by atoms with Crippen LogP contribution in [0.1, 0.15) is 22.3 Å². The molecule has 0 atom stereocenters. The van der Waals surface area contributed by atoms with Crippen molar-refractivity contribution in [1.82, 2.24) is 0 Å². The van der Waals surface area contributed by atoms with Gasteiger partial charge in [0.15, 0.2) is 0 Å². The summed E-state index contributed by atoms with van der Waals surface area (Å²) in [6.45, 7) is 0. The Morgan fingerprint density at radius 1 is 0.343 bits per heavy atom. The summed E-state index contributed by atoms with van der Waals surface area (Å²) in [4.78, 5) is 0. The second-order valence-corrected chi connectivity index (χ2v) is 10.4. The van der Waals surface area contributed by atoms with Gasteiger partial charge in [0, 0.05) is 0 Å². The predicted octanol–water partition coefficient (Wildman–Crippen LogP) is 7.79. The molecule has 5 rings (SSSR count). The molecule has 0 nitrogen and oxygen atoms in total. The molecule has 0 aliphatic heterocycles. The van der Waals surface area contributed by atoms with Gasteiger partial charge in [-0.25, -0.2) is 0 Å². The molecule has 0 saturated carbocycles. The van der Waals surface area contributed by atoms with Crippen molar-refractivity contribution in [2.24, 2.45) is 0 Å². The zero-order chi connectivity index (χ0) is 23.7. The van der Waals surface area contributed by atoms with E-state index >= 15 is 0 Å². The van der Waals surface area contributed by atoms with Gasteiger partial charge in [0.1, 0.15) is 0 Å². The smallest absolute Gasteiger partial charge is 0.00784 e. The molecule has 0 heterocycles. The third kappa shape index (κ3) is 5.75. The Labute approximate surface area is 209 Å². The summed E-state index contributed by atoms with van der Waals surface area (Å²) in [5, 5.41) is 4.08. The van der Waals surface area contributed by atoms with Crippen molar-refractivity contribution in [3.05, 3.63) is 162 Å². The molecule has 0 fully saturated rings. The molecule has 168 valence electrons. The van der Waals surface area contributed by atoms with Crippen LogP contribution in [0.15, 0.2) is 140 Å². The van der Waals surface area contributed by atoms with Crippen molar-refractivity contribution in [1.29, 1.82) is 0 Å². The van der Waals surface area contributed by atoms with Crippen molar-refractivity contribution < 1.29 is 0 Å². The third-order valence-corrected chi connectivity index (χ3v) is 8.47. The molecule has 0 aromatic heterocycles. The molecule has 0 bridgehead atoms. The lowest BCUT2D eigenvalue weighted by Gasteiger charge is -2.23. The van der Waals surface area contributed by atoms with Crippen LogP contribution in [0.4, 0.5) is 0 Å². The second-order valence-electron chi connectivity index (χ2n) is 8.28. The molecule has 5 aromatic carbocycles. The van der Waals surface area contributed by atoms with E-state index in [1.54, 1.807) is 0 Å². The third-order valence-electron chi connectivity index (χ3n) is 5.88. The highest BCUT2D eigenvalue weighted by atomic mass is 31.1. The molecular weight excluding hydrogens is 439 g/mol. The highest BCUT2D eigenvalue weighted by Crippen LogP contribution is 2.36. The van der Waals surface area contributed by atoms with E-state index in [0.717, 1.165) is 0 Å².